The van der Waals surface area contributed by atoms with Crippen LogP contribution >= 0.6 is 0 Å². The van der Waals surface area contributed by atoms with Gasteiger partial charge in [-0.05, 0) is 12.1 Å². The van der Waals surface area contributed by atoms with Crippen LogP contribution in [0.3, 0.4) is 0 Å². The number of hydrogen-bond donors (Lipinski definition) is 1. The summed E-state index contributed by atoms with van der Waals surface area (Å²) in [4.78, 5) is 0. The van der Waals surface area contributed by atoms with Crippen molar-refractivity contribution in [3.05, 3.63) is 18.2 Å². The number of ether oxygens (including phenoxy) is 3. The van der Waals surface area contributed by atoms with Gasteiger partial charge in [-0.2, -0.15) is 0 Å². The van der Waals surface area contributed by atoms with Crippen molar-refractivity contribution in [2.24, 2.45) is 0 Å². The van der Waals surface area contributed by atoms with Gasteiger partial charge in [0.15, 0.2) is 0 Å². The summed E-state index contributed by atoms with van der Waals surface area (Å²) in [5, 5.41) is 0. The van der Waals surface area contributed by atoms with E-state index in [9.17, 15) is 0 Å². The molecule has 4 nitrogen and oxygen atoms in total. The Labute approximate surface area is 95.3 Å². The molecule has 16 heavy (non-hydrogen) atoms. The zero-order valence-electron chi connectivity index (χ0n) is 9.44. The van der Waals surface area contributed by atoms with Crippen LogP contribution in [0.25, 0.3) is 0 Å². The molecule has 4 heteroatoms. The Morgan fingerprint density at radius 1 is 1.31 bits per heavy atom. The van der Waals surface area contributed by atoms with Crippen LogP contribution in [0.5, 0.6) is 11.5 Å². The molecule has 0 bridgehead atoms. The van der Waals surface area contributed by atoms with Gasteiger partial charge in [-0.15, -0.1) is 0 Å². The van der Waals surface area contributed by atoms with Gasteiger partial charge in [0.25, 0.3) is 0 Å². The molecule has 0 aliphatic carbocycles. The molecule has 2 N–H and O–H groups in total. The maximum atomic E-state index is 5.84. The minimum Gasteiger partial charge on any atom is -0.494 e. The summed E-state index contributed by atoms with van der Waals surface area (Å²) in [6.45, 7) is 1.55. The second-order valence-electron chi connectivity index (χ2n) is 3.83. The monoisotopic (exact) mass is 223 g/mol. The third kappa shape index (κ3) is 2.58. The molecule has 1 fully saturated rings. The maximum Gasteiger partial charge on any atom is 0.145 e. The molecular formula is C12H17NO3. The standard InChI is InChI=1S/C12H17NO3/c1-14-12-8-10(2-3-11(12)13)16-9-4-6-15-7-5-9/h2-3,8-9H,4-7,13H2,1H3. The van der Waals surface area contributed by atoms with Crippen molar-refractivity contribution in [2.45, 2.75) is 18.9 Å². The van der Waals surface area contributed by atoms with Gasteiger partial charge < -0.3 is 19.9 Å². The van der Waals surface area contributed by atoms with E-state index in [0.29, 0.717) is 11.4 Å². The summed E-state index contributed by atoms with van der Waals surface area (Å²) in [6.07, 6.45) is 2.11. The lowest BCUT2D eigenvalue weighted by molar-refractivity contribution is 0.0255. The van der Waals surface area contributed by atoms with Crippen LogP contribution < -0.4 is 15.2 Å². The Hall–Kier alpha value is -1.42. The Balaban J connectivity index is 2.03. The largest absolute Gasteiger partial charge is 0.494 e. The summed E-state index contributed by atoms with van der Waals surface area (Å²) >= 11 is 0. The first kappa shape index (κ1) is 11.1. The predicted molar refractivity (Wildman–Crippen MR) is 61.9 cm³/mol. The van der Waals surface area contributed by atoms with Gasteiger partial charge >= 0.3 is 0 Å². The minimum absolute atomic E-state index is 0.238. The van der Waals surface area contributed by atoms with Crippen molar-refractivity contribution in [1.82, 2.24) is 0 Å². The second-order valence-corrected chi connectivity index (χ2v) is 3.83. The average molecular weight is 223 g/mol. The number of hydrogen-bond acceptors (Lipinski definition) is 4. The molecule has 0 unspecified atom stereocenters. The normalized spacial score (nSPS) is 17.1. The average Bonchev–Trinajstić information content (AvgIpc) is 2.33. The van der Waals surface area contributed by atoms with Gasteiger partial charge in [-0.25, -0.2) is 0 Å². The first-order chi connectivity index (χ1) is 7.79. The van der Waals surface area contributed by atoms with Crippen molar-refractivity contribution >= 4 is 5.69 Å². The van der Waals surface area contributed by atoms with Crippen LogP contribution in [0, 0.1) is 0 Å². The summed E-state index contributed by atoms with van der Waals surface area (Å²) in [6, 6.07) is 5.49. The smallest absolute Gasteiger partial charge is 0.145 e. The molecular weight excluding hydrogens is 206 g/mol. The molecule has 2 rings (SSSR count). The third-order valence-corrected chi connectivity index (χ3v) is 2.68. The topological polar surface area (TPSA) is 53.7 Å². The molecule has 1 aliphatic rings. The fourth-order valence-corrected chi connectivity index (χ4v) is 1.75. The lowest BCUT2D eigenvalue weighted by atomic mass is 10.1. The van der Waals surface area contributed by atoms with E-state index in [1.54, 1.807) is 13.2 Å². The van der Waals surface area contributed by atoms with Gasteiger partial charge in [0.2, 0.25) is 0 Å². The molecule has 0 saturated carbocycles. The second kappa shape index (κ2) is 5.07. The minimum atomic E-state index is 0.238. The van der Waals surface area contributed by atoms with Gasteiger partial charge in [-0.3, -0.25) is 0 Å². The molecule has 0 amide bonds. The van der Waals surface area contributed by atoms with Gasteiger partial charge in [0.1, 0.15) is 17.6 Å². The molecule has 1 aliphatic heterocycles. The predicted octanol–water partition coefficient (Wildman–Crippen LogP) is 1.84. The fourth-order valence-electron chi connectivity index (χ4n) is 1.75. The highest BCUT2D eigenvalue weighted by Crippen LogP contribution is 2.28. The highest BCUT2D eigenvalue weighted by atomic mass is 16.5. The molecule has 1 saturated heterocycles. The van der Waals surface area contributed by atoms with Crippen molar-refractivity contribution in [3.8, 4) is 11.5 Å². The third-order valence-electron chi connectivity index (χ3n) is 2.68. The van der Waals surface area contributed by atoms with Gasteiger partial charge in [-0.1, -0.05) is 0 Å². The summed E-state index contributed by atoms with van der Waals surface area (Å²) in [5.74, 6) is 1.46. The van der Waals surface area contributed by atoms with Crippen molar-refractivity contribution < 1.29 is 14.2 Å². The van der Waals surface area contributed by atoms with E-state index >= 15 is 0 Å². The summed E-state index contributed by atoms with van der Waals surface area (Å²) in [5.41, 5.74) is 6.36. The quantitative estimate of drug-likeness (QED) is 0.794. The number of anilines is 1. The fraction of sp³-hybridized carbons (Fsp3) is 0.500. The van der Waals surface area contributed by atoms with Gasteiger partial charge in [0.05, 0.1) is 26.0 Å². The Kier molecular flexibility index (Phi) is 3.51. The summed E-state index contributed by atoms with van der Waals surface area (Å²) < 4.78 is 16.3. The van der Waals surface area contributed by atoms with Crippen LogP contribution in [0.15, 0.2) is 18.2 Å². The maximum absolute atomic E-state index is 5.84. The van der Waals surface area contributed by atoms with E-state index in [4.69, 9.17) is 19.9 Å². The van der Waals surface area contributed by atoms with Gasteiger partial charge in [0, 0.05) is 18.9 Å². The van der Waals surface area contributed by atoms with E-state index in [0.717, 1.165) is 31.8 Å². The zero-order chi connectivity index (χ0) is 11.4. The van der Waals surface area contributed by atoms with Crippen molar-refractivity contribution in [3.63, 3.8) is 0 Å². The Morgan fingerprint density at radius 2 is 2.06 bits per heavy atom. The van der Waals surface area contributed by atoms with Crippen LogP contribution in [0.2, 0.25) is 0 Å². The van der Waals surface area contributed by atoms with Crippen molar-refractivity contribution in [2.75, 3.05) is 26.1 Å². The summed E-state index contributed by atoms with van der Waals surface area (Å²) in [7, 11) is 1.60. The SMILES string of the molecule is COc1cc(OC2CCOCC2)ccc1N. The molecule has 1 heterocycles. The van der Waals surface area contributed by atoms with Crippen LogP contribution in [-0.2, 0) is 4.74 Å². The molecule has 0 aromatic heterocycles. The number of methoxy groups -OCH3 is 1. The number of benzene rings is 1. The number of nitrogen functional groups attached to an aromatic ring is 1. The Bertz CT molecular complexity index is 348. The highest BCUT2D eigenvalue weighted by Gasteiger charge is 2.15. The van der Waals surface area contributed by atoms with E-state index in [1.807, 2.05) is 12.1 Å². The van der Waals surface area contributed by atoms with Crippen LogP contribution in [-0.4, -0.2) is 26.4 Å². The lowest BCUT2D eigenvalue weighted by Gasteiger charge is -2.23. The number of nitrogens with two attached hydrogens (primary N) is 1. The molecule has 1 aromatic carbocycles. The van der Waals surface area contributed by atoms with Crippen molar-refractivity contribution in [1.29, 1.82) is 0 Å². The molecule has 0 radical (unpaired) electrons. The van der Waals surface area contributed by atoms with E-state index in [2.05, 4.69) is 0 Å². The zero-order valence-corrected chi connectivity index (χ0v) is 9.44. The van der Waals surface area contributed by atoms with E-state index in [-0.39, 0.29) is 6.10 Å². The molecule has 88 valence electrons. The highest BCUT2D eigenvalue weighted by molar-refractivity contribution is 5.55. The molecule has 1 aromatic rings. The van der Waals surface area contributed by atoms with Crippen LogP contribution in [0.4, 0.5) is 5.69 Å². The first-order valence-electron chi connectivity index (χ1n) is 5.47. The van der Waals surface area contributed by atoms with E-state index < -0.39 is 0 Å². The molecule has 0 atom stereocenters. The number of rotatable bonds is 3. The lowest BCUT2D eigenvalue weighted by Crippen LogP contribution is -2.25. The van der Waals surface area contributed by atoms with E-state index in [1.165, 1.54) is 0 Å². The Morgan fingerprint density at radius 3 is 2.75 bits per heavy atom. The first-order valence-corrected chi connectivity index (χ1v) is 5.47. The van der Waals surface area contributed by atoms with Crippen LogP contribution in [0.1, 0.15) is 12.8 Å². The molecule has 0 spiro atoms.